The third-order valence-corrected chi connectivity index (χ3v) is 5.63. The molecule has 0 amide bonds. The number of piperidine rings is 1. The number of carbonyl (C=O) groups is 1. The van der Waals surface area contributed by atoms with Crippen molar-refractivity contribution in [2.24, 2.45) is 5.41 Å². The van der Waals surface area contributed by atoms with Gasteiger partial charge in [0.25, 0.3) is 0 Å². The highest BCUT2D eigenvalue weighted by Crippen LogP contribution is 2.36. The van der Waals surface area contributed by atoms with Crippen LogP contribution in [-0.2, 0) is 17.8 Å². The van der Waals surface area contributed by atoms with Gasteiger partial charge < -0.3 is 14.9 Å². The van der Waals surface area contributed by atoms with E-state index in [1.807, 2.05) is 42.5 Å². The van der Waals surface area contributed by atoms with Crippen molar-refractivity contribution in [3.8, 4) is 5.88 Å². The molecule has 2 heterocycles. The number of hydrogen-bond donors (Lipinski definition) is 2. The standard InChI is InChI=1S/C22H28N2O4/c1-28-20-14-18(9-12-23-20)15-24-13-10-19(25)22(16-24,21(26)27)11-5-8-17-6-3-2-4-7-17/h2-4,6-7,9,12,14,19,25H,5,8,10-11,13,15-16H2,1H3,(H,26,27)/t19-,22-/m1/s1. The monoisotopic (exact) mass is 384 g/mol. The van der Waals surface area contributed by atoms with Gasteiger partial charge in [-0.05, 0) is 42.9 Å². The first-order chi connectivity index (χ1) is 13.5. The smallest absolute Gasteiger partial charge is 0.313 e. The first-order valence-corrected chi connectivity index (χ1v) is 9.70. The Labute approximate surface area is 165 Å². The number of aryl methyl sites for hydroxylation is 1. The van der Waals surface area contributed by atoms with E-state index >= 15 is 0 Å². The van der Waals surface area contributed by atoms with E-state index in [2.05, 4.69) is 9.88 Å². The van der Waals surface area contributed by atoms with Crippen LogP contribution >= 0.6 is 0 Å². The zero-order valence-corrected chi connectivity index (χ0v) is 16.3. The van der Waals surface area contributed by atoms with E-state index in [9.17, 15) is 15.0 Å². The molecule has 1 saturated heterocycles. The number of methoxy groups -OCH3 is 1. The zero-order valence-electron chi connectivity index (χ0n) is 16.3. The molecule has 2 atom stereocenters. The zero-order chi connectivity index (χ0) is 20.0. The molecular weight excluding hydrogens is 356 g/mol. The topological polar surface area (TPSA) is 82.9 Å². The lowest BCUT2D eigenvalue weighted by atomic mass is 9.73. The van der Waals surface area contributed by atoms with Crippen LogP contribution in [0.25, 0.3) is 0 Å². The third kappa shape index (κ3) is 4.69. The summed E-state index contributed by atoms with van der Waals surface area (Å²) in [5, 5.41) is 20.6. The number of aliphatic hydroxyl groups is 1. The maximum absolute atomic E-state index is 12.2. The summed E-state index contributed by atoms with van der Waals surface area (Å²) in [4.78, 5) is 18.4. The van der Waals surface area contributed by atoms with E-state index in [0.717, 1.165) is 18.4 Å². The van der Waals surface area contributed by atoms with Gasteiger partial charge in [0, 0.05) is 31.9 Å². The summed E-state index contributed by atoms with van der Waals surface area (Å²) in [6.45, 7) is 1.61. The predicted molar refractivity (Wildman–Crippen MR) is 106 cm³/mol. The molecule has 1 aromatic heterocycles. The second-order valence-electron chi connectivity index (χ2n) is 7.52. The fraction of sp³-hybridized carbons (Fsp3) is 0.455. The van der Waals surface area contributed by atoms with Crippen molar-refractivity contribution in [3.05, 3.63) is 59.8 Å². The molecule has 3 rings (SSSR count). The molecule has 28 heavy (non-hydrogen) atoms. The first-order valence-electron chi connectivity index (χ1n) is 9.70. The highest BCUT2D eigenvalue weighted by molar-refractivity contribution is 5.76. The van der Waals surface area contributed by atoms with Crippen LogP contribution in [0.3, 0.4) is 0 Å². The number of aromatic nitrogens is 1. The fourth-order valence-electron chi connectivity index (χ4n) is 4.03. The summed E-state index contributed by atoms with van der Waals surface area (Å²) >= 11 is 0. The van der Waals surface area contributed by atoms with Crippen molar-refractivity contribution >= 4 is 5.97 Å². The highest BCUT2D eigenvalue weighted by Gasteiger charge is 2.48. The molecule has 1 aliphatic heterocycles. The minimum atomic E-state index is -1.13. The second kappa shape index (κ2) is 9.17. The average molecular weight is 384 g/mol. The molecule has 150 valence electrons. The van der Waals surface area contributed by atoms with Crippen molar-refractivity contribution in [2.45, 2.75) is 38.3 Å². The van der Waals surface area contributed by atoms with E-state index in [-0.39, 0.29) is 0 Å². The summed E-state index contributed by atoms with van der Waals surface area (Å²) in [6.07, 6.45) is 3.31. The fourth-order valence-corrected chi connectivity index (χ4v) is 4.03. The molecule has 0 aliphatic carbocycles. The van der Waals surface area contributed by atoms with Crippen molar-refractivity contribution in [2.75, 3.05) is 20.2 Å². The van der Waals surface area contributed by atoms with Gasteiger partial charge in [0.2, 0.25) is 5.88 Å². The van der Waals surface area contributed by atoms with Gasteiger partial charge in [0.1, 0.15) is 5.41 Å². The number of ether oxygens (including phenoxy) is 1. The maximum Gasteiger partial charge on any atom is 0.313 e. The molecule has 2 N–H and O–H groups in total. The number of pyridine rings is 1. The molecule has 0 bridgehead atoms. The number of nitrogens with zero attached hydrogens (tertiary/aromatic N) is 2. The van der Waals surface area contributed by atoms with Gasteiger partial charge in [-0.25, -0.2) is 4.98 Å². The molecule has 1 fully saturated rings. The van der Waals surface area contributed by atoms with Crippen LogP contribution in [0, 0.1) is 5.41 Å². The Balaban J connectivity index is 1.68. The molecule has 0 radical (unpaired) electrons. The number of hydrogen-bond acceptors (Lipinski definition) is 5. The van der Waals surface area contributed by atoms with E-state index in [0.29, 0.717) is 38.4 Å². The second-order valence-corrected chi connectivity index (χ2v) is 7.52. The van der Waals surface area contributed by atoms with Gasteiger partial charge in [-0.1, -0.05) is 30.3 Å². The van der Waals surface area contributed by atoms with Crippen LogP contribution in [0.1, 0.15) is 30.4 Å². The van der Waals surface area contributed by atoms with Crippen LogP contribution < -0.4 is 4.74 Å². The lowest BCUT2D eigenvalue weighted by Crippen LogP contribution is -2.55. The van der Waals surface area contributed by atoms with Crippen molar-refractivity contribution < 1.29 is 19.7 Å². The summed E-state index contributed by atoms with van der Waals surface area (Å²) < 4.78 is 5.17. The largest absolute Gasteiger partial charge is 0.481 e. The SMILES string of the molecule is COc1cc(CN2CC[C@@H](O)[C@](CCCc3ccccc3)(C(=O)O)C2)ccn1. The Morgan fingerprint density at radius 1 is 1.29 bits per heavy atom. The Morgan fingerprint density at radius 3 is 2.79 bits per heavy atom. The lowest BCUT2D eigenvalue weighted by molar-refractivity contribution is -0.164. The number of benzene rings is 1. The van der Waals surface area contributed by atoms with Crippen LogP contribution in [0.2, 0.25) is 0 Å². The minimum Gasteiger partial charge on any atom is -0.481 e. The van der Waals surface area contributed by atoms with Crippen molar-refractivity contribution in [1.82, 2.24) is 9.88 Å². The Morgan fingerprint density at radius 2 is 2.07 bits per heavy atom. The highest BCUT2D eigenvalue weighted by atomic mass is 16.5. The Bertz CT molecular complexity index is 783. The van der Waals surface area contributed by atoms with E-state index in [4.69, 9.17) is 4.74 Å². The molecule has 6 heteroatoms. The minimum absolute atomic E-state index is 0.336. The van der Waals surface area contributed by atoms with E-state index in [1.54, 1.807) is 13.3 Å². The number of likely N-dealkylation sites (tertiary alicyclic amines) is 1. The summed E-state index contributed by atoms with van der Waals surface area (Å²) in [5.41, 5.74) is 1.07. The number of carboxylic acids is 1. The molecule has 0 spiro atoms. The predicted octanol–water partition coefficient (Wildman–Crippen LogP) is 2.75. The van der Waals surface area contributed by atoms with Crippen LogP contribution in [0.4, 0.5) is 0 Å². The van der Waals surface area contributed by atoms with Gasteiger partial charge in [-0.2, -0.15) is 0 Å². The van der Waals surface area contributed by atoms with E-state index < -0.39 is 17.5 Å². The van der Waals surface area contributed by atoms with Crippen LogP contribution in [0.5, 0.6) is 5.88 Å². The van der Waals surface area contributed by atoms with Crippen molar-refractivity contribution in [3.63, 3.8) is 0 Å². The Hall–Kier alpha value is -2.44. The van der Waals surface area contributed by atoms with Crippen LogP contribution in [0.15, 0.2) is 48.7 Å². The molecule has 1 aromatic carbocycles. The quantitative estimate of drug-likeness (QED) is 0.728. The number of aliphatic carboxylic acids is 1. The van der Waals surface area contributed by atoms with Crippen molar-refractivity contribution in [1.29, 1.82) is 0 Å². The third-order valence-electron chi connectivity index (χ3n) is 5.63. The summed E-state index contributed by atoms with van der Waals surface area (Å²) in [7, 11) is 1.57. The molecule has 2 aromatic rings. The molecule has 1 aliphatic rings. The normalized spacial score (nSPS) is 22.7. The van der Waals surface area contributed by atoms with Gasteiger partial charge in [0.05, 0.1) is 13.2 Å². The first kappa shape index (κ1) is 20.3. The molecule has 6 nitrogen and oxygen atoms in total. The number of rotatable bonds is 8. The lowest BCUT2D eigenvalue weighted by Gasteiger charge is -2.43. The molecule has 0 unspecified atom stereocenters. The van der Waals surface area contributed by atoms with Gasteiger partial charge in [0.15, 0.2) is 0 Å². The van der Waals surface area contributed by atoms with Gasteiger partial charge in [-0.3, -0.25) is 9.69 Å². The van der Waals surface area contributed by atoms with Gasteiger partial charge in [-0.15, -0.1) is 0 Å². The number of aliphatic hydroxyl groups excluding tert-OH is 1. The number of carboxylic acid groups (broad SMARTS) is 1. The summed E-state index contributed by atoms with van der Waals surface area (Å²) in [5.74, 6) is -0.369. The Kier molecular flexibility index (Phi) is 6.65. The molecular formula is C22H28N2O4. The average Bonchev–Trinajstić information content (AvgIpc) is 2.71. The summed E-state index contributed by atoms with van der Waals surface area (Å²) in [6, 6.07) is 13.8. The van der Waals surface area contributed by atoms with E-state index in [1.165, 1.54) is 5.56 Å². The van der Waals surface area contributed by atoms with Crippen LogP contribution in [-0.4, -0.2) is 52.4 Å². The van der Waals surface area contributed by atoms with Gasteiger partial charge >= 0.3 is 5.97 Å². The maximum atomic E-state index is 12.2. The molecule has 0 saturated carbocycles.